The molecular formula is C24H25N3O3. The Morgan fingerprint density at radius 3 is 2.53 bits per heavy atom. The first-order valence-corrected chi connectivity index (χ1v) is 10.3. The fourth-order valence-corrected chi connectivity index (χ4v) is 3.93. The first-order valence-electron chi connectivity index (χ1n) is 10.3. The van der Waals surface area contributed by atoms with Crippen LogP contribution >= 0.6 is 0 Å². The third kappa shape index (κ3) is 4.76. The van der Waals surface area contributed by atoms with E-state index in [9.17, 15) is 9.59 Å². The number of ether oxygens (including phenoxy) is 1. The molecule has 1 saturated carbocycles. The van der Waals surface area contributed by atoms with Gasteiger partial charge in [-0.1, -0.05) is 61.4 Å². The van der Waals surface area contributed by atoms with Crippen molar-refractivity contribution in [3.63, 3.8) is 0 Å². The second-order valence-corrected chi connectivity index (χ2v) is 7.54. The molecule has 1 amide bonds. The minimum atomic E-state index is -0.499. The summed E-state index contributed by atoms with van der Waals surface area (Å²) in [5.41, 5.74) is 2.45. The van der Waals surface area contributed by atoms with Gasteiger partial charge >= 0.3 is 5.97 Å². The number of esters is 1. The predicted octanol–water partition coefficient (Wildman–Crippen LogP) is 4.38. The average molecular weight is 403 g/mol. The fraction of sp³-hybridized carbons (Fsp3) is 0.292. The molecule has 1 aliphatic carbocycles. The van der Waals surface area contributed by atoms with Gasteiger partial charge in [0.05, 0.1) is 17.8 Å². The molecule has 0 aliphatic heterocycles. The summed E-state index contributed by atoms with van der Waals surface area (Å²) in [6, 6.07) is 19.4. The van der Waals surface area contributed by atoms with Crippen LogP contribution in [0.3, 0.4) is 0 Å². The normalized spacial score (nSPS) is 13.9. The van der Waals surface area contributed by atoms with Crippen LogP contribution in [0.15, 0.2) is 66.9 Å². The van der Waals surface area contributed by atoms with Gasteiger partial charge in [0.2, 0.25) is 0 Å². The van der Waals surface area contributed by atoms with E-state index in [-0.39, 0.29) is 12.5 Å². The van der Waals surface area contributed by atoms with Gasteiger partial charge in [-0.25, -0.2) is 9.48 Å². The number of carbonyl (C=O) groups excluding carboxylic acids is 2. The lowest BCUT2D eigenvalue weighted by atomic mass is 10.00. The molecular weight excluding hydrogens is 378 g/mol. The lowest BCUT2D eigenvalue weighted by Gasteiger charge is -2.15. The molecule has 1 N–H and O–H groups in total. The van der Waals surface area contributed by atoms with E-state index in [2.05, 4.69) is 10.4 Å². The highest BCUT2D eigenvalue weighted by atomic mass is 16.5. The number of nitrogens with one attached hydrogen (secondary N) is 1. The standard InChI is InChI=1S/C24H25N3O3/c28-23(26-22-14-15-25-27(22)20-11-5-6-12-20)17-30-24(29)21-13-7-4-10-19(21)16-18-8-2-1-3-9-18/h1-4,7-10,13-15,20H,5-6,11-12,16-17H2,(H,26,28). The summed E-state index contributed by atoms with van der Waals surface area (Å²) in [4.78, 5) is 25.0. The molecule has 6 heteroatoms. The van der Waals surface area contributed by atoms with Crippen molar-refractivity contribution in [1.29, 1.82) is 0 Å². The molecule has 154 valence electrons. The van der Waals surface area contributed by atoms with Gasteiger partial charge in [0.25, 0.3) is 5.91 Å². The summed E-state index contributed by atoms with van der Waals surface area (Å²) in [5, 5.41) is 7.15. The average Bonchev–Trinajstić information content (AvgIpc) is 3.45. The maximum absolute atomic E-state index is 12.6. The van der Waals surface area contributed by atoms with E-state index in [1.165, 1.54) is 12.8 Å². The van der Waals surface area contributed by atoms with E-state index in [0.29, 0.717) is 23.8 Å². The van der Waals surface area contributed by atoms with Crippen molar-refractivity contribution >= 4 is 17.7 Å². The molecule has 3 aromatic rings. The number of aromatic nitrogens is 2. The zero-order valence-corrected chi connectivity index (χ0v) is 16.8. The van der Waals surface area contributed by atoms with E-state index in [0.717, 1.165) is 24.0 Å². The van der Waals surface area contributed by atoms with Gasteiger partial charge in [0.15, 0.2) is 6.61 Å². The molecule has 4 rings (SSSR count). The molecule has 0 unspecified atom stereocenters. The topological polar surface area (TPSA) is 73.2 Å². The quantitative estimate of drug-likeness (QED) is 0.594. The highest BCUT2D eigenvalue weighted by Crippen LogP contribution is 2.31. The minimum absolute atomic E-state index is 0.322. The van der Waals surface area contributed by atoms with Crippen LogP contribution in [0.2, 0.25) is 0 Å². The Balaban J connectivity index is 1.36. The van der Waals surface area contributed by atoms with Crippen molar-refractivity contribution in [2.24, 2.45) is 0 Å². The predicted molar refractivity (Wildman–Crippen MR) is 114 cm³/mol. The van der Waals surface area contributed by atoms with Gasteiger partial charge in [-0.15, -0.1) is 0 Å². The zero-order chi connectivity index (χ0) is 20.8. The van der Waals surface area contributed by atoms with E-state index in [1.807, 2.05) is 47.1 Å². The molecule has 1 fully saturated rings. The van der Waals surface area contributed by atoms with Crippen LogP contribution in [0.5, 0.6) is 0 Å². The Bertz CT molecular complexity index is 1010. The Hall–Kier alpha value is -3.41. The van der Waals surface area contributed by atoms with E-state index in [4.69, 9.17) is 4.74 Å². The lowest BCUT2D eigenvalue weighted by molar-refractivity contribution is -0.119. The highest BCUT2D eigenvalue weighted by molar-refractivity contribution is 5.95. The van der Waals surface area contributed by atoms with Crippen molar-refractivity contribution in [3.05, 3.63) is 83.6 Å². The van der Waals surface area contributed by atoms with Crippen molar-refractivity contribution in [2.45, 2.75) is 38.1 Å². The van der Waals surface area contributed by atoms with Crippen molar-refractivity contribution in [3.8, 4) is 0 Å². The molecule has 0 saturated heterocycles. The van der Waals surface area contributed by atoms with Gasteiger partial charge < -0.3 is 10.1 Å². The van der Waals surface area contributed by atoms with Gasteiger partial charge in [-0.2, -0.15) is 5.10 Å². The summed E-state index contributed by atoms with van der Waals surface area (Å²) >= 11 is 0. The molecule has 0 radical (unpaired) electrons. The second kappa shape index (κ2) is 9.39. The first kappa shape index (κ1) is 19.9. The number of nitrogens with zero attached hydrogens (tertiary/aromatic N) is 2. The number of anilines is 1. The number of hydrogen-bond donors (Lipinski definition) is 1. The van der Waals surface area contributed by atoms with Gasteiger partial charge in [0.1, 0.15) is 5.82 Å². The monoisotopic (exact) mass is 403 g/mol. The van der Waals surface area contributed by atoms with E-state index < -0.39 is 5.97 Å². The van der Waals surface area contributed by atoms with Gasteiger partial charge in [-0.3, -0.25) is 4.79 Å². The van der Waals surface area contributed by atoms with Crippen LogP contribution < -0.4 is 5.32 Å². The third-order valence-electron chi connectivity index (χ3n) is 5.42. The molecule has 1 aromatic heterocycles. The van der Waals surface area contributed by atoms with Crippen LogP contribution in [0.4, 0.5) is 5.82 Å². The number of hydrogen-bond acceptors (Lipinski definition) is 4. The number of amides is 1. The Morgan fingerprint density at radius 1 is 1.00 bits per heavy atom. The summed E-state index contributed by atoms with van der Waals surface area (Å²) in [6.07, 6.45) is 6.80. The molecule has 6 nitrogen and oxygen atoms in total. The number of benzene rings is 2. The Labute approximate surface area is 175 Å². The smallest absolute Gasteiger partial charge is 0.338 e. The van der Waals surface area contributed by atoms with Crippen molar-refractivity contribution in [1.82, 2.24) is 9.78 Å². The molecule has 1 aliphatic rings. The van der Waals surface area contributed by atoms with Crippen LogP contribution in [0.1, 0.15) is 53.2 Å². The summed E-state index contributed by atoms with van der Waals surface area (Å²) in [5.74, 6) is -0.225. The SMILES string of the molecule is O=C(COC(=O)c1ccccc1Cc1ccccc1)Nc1ccnn1C1CCCC1. The maximum atomic E-state index is 12.6. The summed E-state index contributed by atoms with van der Waals surface area (Å²) in [7, 11) is 0. The van der Waals surface area contributed by atoms with Crippen LogP contribution in [0.25, 0.3) is 0 Å². The molecule has 30 heavy (non-hydrogen) atoms. The lowest BCUT2D eigenvalue weighted by Crippen LogP contribution is -2.23. The first-order chi connectivity index (χ1) is 14.7. The molecule has 0 atom stereocenters. The van der Waals surface area contributed by atoms with Crippen LogP contribution in [0, 0.1) is 0 Å². The molecule has 2 aromatic carbocycles. The zero-order valence-electron chi connectivity index (χ0n) is 16.8. The van der Waals surface area contributed by atoms with E-state index >= 15 is 0 Å². The van der Waals surface area contributed by atoms with Crippen LogP contribution in [-0.2, 0) is 16.0 Å². The molecule has 0 spiro atoms. The Kier molecular flexibility index (Phi) is 6.23. The summed E-state index contributed by atoms with van der Waals surface area (Å²) in [6.45, 7) is -0.339. The third-order valence-corrected chi connectivity index (χ3v) is 5.42. The number of rotatable bonds is 7. The largest absolute Gasteiger partial charge is 0.452 e. The number of carbonyl (C=O) groups is 2. The van der Waals surface area contributed by atoms with Gasteiger partial charge in [-0.05, 0) is 36.5 Å². The second-order valence-electron chi connectivity index (χ2n) is 7.54. The fourth-order valence-electron chi connectivity index (χ4n) is 3.93. The molecule has 0 bridgehead atoms. The van der Waals surface area contributed by atoms with Crippen molar-refractivity contribution in [2.75, 3.05) is 11.9 Å². The molecule has 1 heterocycles. The van der Waals surface area contributed by atoms with Crippen LogP contribution in [-0.4, -0.2) is 28.3 Å². The minimum Gasteiger partial charge on any atom is -0.452 e. The van der Waals surface area contributed by atoms with Gasteiger partial charge in [0, 0.05) is 6.07 Å². The summed E-state index contributed by atoms with van der Waals surface area (Å²) < 4.78 is 7.16. The highest BCUT2D eigenvalue weighted by Gasteiger charge is 2.21. The van der Waals surface area contributed by atoms with E-state index in [1.54, 1.807) is 24.4 Å². The van der Waals surface area contributed by atoms with Crippen molar-refractivity contribution < 1.29 is 14.3 Å². The maximum Gasteiger partial charge on any atom is 0.338 e. The Morgan fingerprint density at radius 2 is 1.73 bits per heavy atom.